The number of methoxy groups -OCH3 is 2. The third-order valence-electron chi connectivity index (χ3n) is 6.76. The van der Waals surface area contributed by atoms with Crippen LogP contribution in [-0.4, -0.2) is 62.9 Å². The van der Waals surface area contributed by atoms with Gasteiger partial charge in [0.1, 0.15) is 35.2 Å². The minimum Gasteiger partial charge on any atom is -0.497 e. The smallest absolute Gasteiger partial charge is 0.338 e. The molecule has 2 aliphatic rings. The molecule has 206 valence electrons. The quantitative estimate of drug-likeness (QED) is 0.340. The Hall–Kier alpha value is -3.08. The van der Waals surface area contributed by atoms with Gasteiger partial charge in [0, 0.05) is 5.56 Å². The molecule has 3 aromatic rings. The third kappa shape index (κ3) is 6.40. The van der Waals surface area contributed by atoms with Crippen LogP contribution >= 0.6 is 11.8 Å². The zero-order valence-corrected chi connectivity index (χ0v) is 22.9. The molecule has 0 saturated carbocycles. The highest BCUT2D eigenvalue weighted by molar-refractivity contribution is 7.99. The lowest BCUT2D eigenvalue weighted by Crippen LogP contribution is -2.62. The van der Waals surface area contributed by atoms with Gasteiger partial charge in [0.2, 0.25) is 0 Å². The highest BCUT2D eigenvalue weighted by atomic mass is 32.2. The van der Waals surface area contributed by atoms with Crippen molar-refractivity contribution in [2.75, 3.05) is 27.1 Å². The van der Waals surface area contributed by atoms with Gasteiger partial charge >= 0.3 is 5.97 Å². The molecular weight excluding hydrogens is 520 g/mol. The molecule has 0 bridgehead atoms. The summed E-state index contributed by atoms with van der Waals surface area (Å²) < 4.78 is 41.9. The standard InChI is InChI=1S/C30H32O8S/c1-32-22-13-9-19(10-14-22)17-34-27-26(37-28(31)20-11-15-23(33-2)16-12-20)25-24(36-30(27)39-3)18-35-29(38-25)21-7-5-4-6-8-21/h4-16,24-27,29-30H,17-18H2,1-3H3/t24-,25-,26+,27+,29?,30-/m1/s1. The lowest BCUT2D eigenvalue weighted by molar-refractivity contribution is -0.322. The van der Waals surface area contributed by atoms with Gasteiger partial charge in [0.25, 0.3) is 0 Å². The Kier molecular flexibility index (Phi) is 9.06. The van der Waals surface area contributed by atoms with E-state index in [2.05, 4.69) is 0 Å². The van der Waals surface area contributed by atoms with Crippen LogP contribution in [0.15, 0.2) is 78.9 Å². The van der Waals surface area contributed by atoms with E-state index in [0.29, 0.717) is 24.5 Å². The van der Waals surface area contributed by atoms with Gasteiger partial charge in [-0.1, -0.05) is 42.5 Å². The zero-order chi connectivity index (χ0) is 27.2. The second-order valence-corrected chi connectivity index (χ2v) is 10.1. The van der Waals surface area contributed by atoms with E-state index < -0.39 is 42.1 Å². The maximum absolute atomic E-state index is 13.4. The van der Waals surface area contributed by atoms with E-state index in [1.54, 1.807) is 38.5 Å². The van der Waals surface area contributed by atoms with Crippen LogP contribution in [0.1, 0.15) is 27.8 Å². The number of carbonyl (C=O) groups excluding carboxylic acids is 1. The fourth-order valence-electron chi connectivity index (χ4n) is 4.66. The summed E-state index contributed by atoms with van der Waals surface area (Å²) in [7, 11) is 3.21. The van der Waals surface area contributed by atoms with Gasteiger partial charge in [-0.15, -0.1) is 11.8 Å². The number of ether oxygens (including phenoxy) is 7. The zero-order valence-electron chi connectivity index (χ0n) is 22.1. The Labute approximate surface area is 232 Å². The first-order valence-electron chi connectivity index (χ1n) is 12.7. The number of rotatable bonds is 9. The second kappa shape index (κ2) is 12.8. The SMILES string of the molecule is COc1ccc(CO[C@H]2[C@@H](OC(=O)c3ccc(OC)cc3)[C@@H]3OC(c4ccccc4)OC[C@H]3O[C@@H]2SC)cc1. The van der Waals surface area contributed by atoms with Crippen molar-refractivity contribution in [2.24, 2.45) is 0 Å². The molecule has 3 aromatic carbocycles. The van der Waals surface area contributed by atoms with Crippen molar-refractivity contribution in [1.29, 1.82) is 0 Å². The van der Waals surface area contributed by atoms with Crippen LogP contribution < -0.4 is 9.47 Å². The molecule has 2 heterocycles. The number of fused-ring (bicyclic) bond motifs is 1. The summed E-state index contributed by atoms with van der Waals surface area (Å²) in [5.41, 5.74) is 1.82. The van der Waals surface area contributed by atoms with Crippen LogP contribution in [0.5, 0.6) is 11.5 Å². The van der Waals surface area contributed by atoms with Crippen molar-refractivity contribution in [2.45, 2.75) is 42.7 Å². The van der Waals surface area contributed by atoms with E-state index in [9.17, 15) is 4.79 Å². The highest BCUT2D eigenvalue weighted by Gasteiger charge is 2.52. The van der Waals surface area contributed by atoms with Crippen molar-refractivity contribution < 1.29 is 38.0 Å². The Morgan fingerprint density at radius 2 is 1.54 bits per heavy atom. The van der Waals surface area contributed by atoms with E-state index >= 15 is 0 Å². The maximum atomic E-state index is 13.4. The Bertz CT molecular complexity index is 1200. The Morgan fingerprint density at radius 1 is 0.872 bits per heavy atom. The monoisotopic (exact) mass is 552 g/mol. The molecule has 0 radical (unpaired) electrons. The van der Waals surface area contributed by atoms with Crippen molar-refractivity contribution in [3.8, 4) is 11.5 Å². The number of thioether (sulfide) groups is 1. The summed E-state index contributed by atoms with van der Waals surface area (Å²) in [5.74, 6) is 0.935. The number of esters is 1. The lowest BCUT2D eigenvalue weighted by atomic mass is 9.98. The van der Waals surface area contributed by atoms with Crippen molar-refractivity contribution in [3.63, 3.8) is 0 Å². The molecule has 8 nitrogen and oxygen atoms in total. The summed E-state index contributed by atoms with van der Waals surface area (Å²) in [6.45, 7) is 0.588. The Balaban J connectivity index is 1.41. The van der Waals surface area contributed by atoms with Gasteiger partial charge in [-0.25, -0.2) is 4.79 Å². The summed E-state index contributed by atoms with van der Waals surface area (Å²) in [5, 5.41) is 0. The van der Waals surface area contributed by atoms with Crippen LogP contribution in [-0.2, 0) is 30.3 Å². The van der Waals surface area contributed by atoms with Gasteiger partial charge in [-0.05, 0) is 48.2 Å². The number of carbonyl (C=O) groups is 1. The molecule has 6 atom stereocenters. The molecule has 0 aromatic heterocycles. The molecule has 2 saturated heterocycles. The Morgan fingerprint density at radius 3 is 2.18 bits per heavy atom. The largest absolute Gasteiger partial charge is 0.497 e. The van der Waals surface area contributed by atoms with E-state index in [-0.39, 0.29) is 0 Å². The summed E-state index contributed by atoms with van der Waals surface area (Å²) in [4.78, 5) is 13.4. The number of hydrogen-bond donors (Lipinski definition) is 0. The molecule has 0 spiro atoms. The molecule has 2 fully saturated rings. The third-order valence-corrected chi connectivity index (χ3v) is 7.60. The molecule has 5 rings (SSSR count). The highest BCUT2D eigenvalue weighted by Crippen LogP contribution is 2.39. The fraction of sp³-hybridized carbons (Fsp3) is 0.367. The lowest BCUT2D eigenvalue weighted by Gasteiger charge is -2.48. The topological polar surface area (TPSA) is 81.7 Å². The maximum Gasteiger partial charge on any atom is 0.338 e. The van der Waals surface area contributed by atoms with E-state index in [4.69, 9.17) is 33.2 Å². The number of benzene rings is 3. The minimum absolute atomic E-state index is 0.293. The predicted molar refractivity (Wildman–Crippen MR) is 146 cm³/mol. The number of hydrogen-bond acceptors (Lipinski definition) is 9. The van der Waals surface area contributed by atoms with Crippen LogP contribution in [0, 0.1) is 0 Å². The summed E-state index contributed by atoms with van der Waals surface area (Å²) >= 11 is 1.49. The molecular formula is C30H32O8S. The van der Waals surface area contributed by atoms with Gasteiger partial charge in [0.05, 0.1) is 33.0 Å². The molecule has 0 aliphatic carbocycles. The van der Waals surface area contributed by atoms with Gasteiger partial charge < -0.3 is 33.2 Å². The molecule has 39 heavy (non-hydrogen) atoms. The minimum atomic E-state index is -0.746. The predicted octanol–water partition coefficient (Wildman–Crippen LogP) is 5.02. The van der Waals surface area contributed by atoms with Gasteiger partial charge in [0.15, 0.2) is 12.4 Å². The summed E-state index contributed by atoms with van der Waals surface area (Å²) in [6.07, 6.45) is -1.06. The van der Waals surface area contributed by atoms with Crippen molar-refractivity contribution in [1.82, 2.24) is 0 Å². The van der Waals surface area contributed by atoms with Crippen LogP contribution in [0.3, 0.4) is 0 Å². The van der Waals surface area contributed by atoms with E-state index in [1.807, 2.05) is 60.9 Å². The molecule has 2 aliphatic heterocycles. The van der Waals surface area contributed by atoms with Gasteiger partial charge in [-0.2, -0.15) is 0 Å². The van der Waals surface area contributed by atoms with Crippen molar-refractivity contribution in [3.05, 3.63) is 95.6 Å². The summed E-state index contributed by atoms with van der Waals surface area (Å²) in [6, 6.07) is 24.1. The first-order valence-corrected chi connectivity index (χ1v) is 14.0. The van der Waals surface area contributed by atoms with Crippen LogP contribution in [0.2, 0.25) is 0 Å². The molecule has 1 unspecified atom stereocenters. The first-order chi connectivity index (χ1) is 19.1. The van der Waals surface area contributed by atoms with Gasteiger partial charge in [-0.3, -0.25) is 0 Å². The van der Waals surface area contributed by atoms with E-state index in [0.717, 1.165) is 16.9 Å². The molecule has 0 amide bonds. The van der Waals surface area contributed by atoms with E-state index in [1.165, 1.54) is 11.8 Å². The first kappa shape index (κ1) is 27.5. The van der Waals surface area contributed by atoms with Crippen molar-refractivity contribution >= 4 is 17.7 Å². The average molecular weight is 553 g/mol. The molecule has 9 heteroatoms. The fourth-order valence-corrected chi connectivity index (χ4v) is 5.41. The average Bonchev–Trinajstić information content (AvgIpc) is 3.00. The van der Waals surface area contributed by atoms with Crippen LogP contribution in [0.25, 0.3) is 0 Å². The molecule has 0 N–H and O–H groups in total. The normalized spacial score (nSPS) is 26.3. The van der Waals surface area contributed by atoms with Crippen LogP contribution in [0.4, 0.5) is 0 Å². The second-order valence-electron chi connectivity index (χ2n) is 9.18.